The van der Waals surface area contributed by atoms with Gasteiger partial charge in [0.15, 0.2) is 16.6 Å². The first-order valence-corrected chi connectivity index (χ1v) is 9.92. The second-order valence-corrected chi connectivity index (χ2v) is 7.44. The summed E-state index contributed by atoms with van der Waals surface area (Å²) in [5.41, 5.74) is 3.40. The van der Waals surface area contributed by atoms with Crippen molar-refractivity contribution in [2.45, 2.75) is 32.2 Å². The van der Waals surface area contributed by atoms with Crippen LogP contribution in [-0.4, -0.2) is 25.0 Å². The topological polar surface area (TPSA) is 45.8 Å². The van der Waals surface area contributed by atoms with Gasteiger partial charge in [0.05, 0.1) is 6.04 Å². The van der Waals surface area contributed by atoms with Gasteiger partial charge in [-0.25, -0.2) is 0 Å². The predicted octanol–water partition coefficient (Wildman–Crippen LogP) is 4.45. The fraction of sp³-hybridized carbons (Fsp3) is 0.381. The van der Waals surface area contributed by atoms with Gasteiger partial charge in [-0.3, -0.25) is 0 Å². The van der Waals surface area contributed by atoms with Crippen LogP contribution in [0.15, 0.2) is 42.5 Å². The first-order valence-electron chi connectivity index (χ1n) is 9.51. The van der Waals surface area contributed by atoms with Crippen LogP contribution in [0.3, 0.4) is 0 Å². The third-order valence-electron chi connectivity index (χ3n) is 5.09. The molecule has 27 heavy (non-hydrogen) atoms. The Bertz CT molecular complexity index is 804. The molecule has 6 heteroatoms. The molecule has 1 fully saturated rings. The van der Waals surface area contributed by atoms with Gasteiger partial charge in [-0.05, 0) is 68.2 Å². The molecule has 2 N–H and O–H groups in total. The monoisotopic (exact) mass is 383 g/mol. The van der Waals surface area contributed by atoms with E-state index in [0.717, 1.165) is 30.3 Å². The highest BCUT2D eigenvalue weighted by atomic mass is 32.1. The van der Waals surface area contributed by atoms with E-state index in [0.29, 0.717) is 5.11 Å². The minimum absolute atomic E-state index is 0.120. The van der Waals surface area contributed by atoms with Gasteiger partial charge in [0.25, 0.3) is 0 Å². The molecule has 0 aliphatic carbocycles. The fourth-order valence-electron chi connectivity index (χ4n) is 3.55. The van der Waals surface area contributed by atoms with Crippen LogP contribution < -0.4 is 25.0 Å². The summed E-state index contributed by atoms with van der Waals surface area (Å²) >= 11 is 5.47. The number of nitrogens with one attached hydrogen (secondary N) is 2. The zero-order chi connectivity index (χ0) is 18.6. The van der Waals surface area contributed by atoms with Crippen molar-refractivity contribution in [3.63, 3.8) is 0 Å². The third kappa shape index (κ3) is 4.27. The lowest BCUT2D eigenvalue weighted by molar-refractivity contribution is 0.174. The minimum Gasteiger partial charge on any atom is -0.454 e. The van der Waals surface area contributed by atoms with Crippen molar-refractivity contribution >= 4 is 28.7 Å². The molecular formula is C21H25N3O2S. The second kappa shape index (κ2) is 8.05. The van der Waals surface area contributed by atoms with Crippen molar-refractivity contribution < 1.29 is 9.47 Å². The number of piperidine rings is 1. The van der Waals surface area contributed by atoms with E-state index in [4.69, 9.17) is 21.7 Å². The maximum Gasteiger partial charge on any atom is 0.231 e. The lowest BCUT2D eigenvalue weighted by Crippen LogP contribution is -2.31. The Kier molecular flexibility index (Phi) is 5.34. The molecule has 2 heterocycles. The zero-order valence-corrected chi connectivity index (χ0v) is 16.3. The van der Waals surface area contributed by atoms with Crippen LogP contribution in [0, 0.1) is 0 Å². The lowest BCUT2D eigenvalue weighted by Gasteiger charge is -2.29. The third-order valence-corrected chi connectivity index (χ3v) is 5.31. The lowest BCUT2D eigenvalue weighted by atomic mass is 10.1. The van der Waals surface area contributed by atoms with Gasteiger partial charge in [-0.2, -0.15) is 0 Å². The Morgan fingerprint density at radius 2 is 1.74 bits per heavy atom. The Balaban J connectivity index is 1.34. The number of fused-ring (bicyclic) bond motifs is 1. The zero-order valence-electron chi connectivity index (χ0n) is 15.5. The molecule has 2 aliphatic heterocycles. The number of thiocarbonyl (C=S) groups is 1. The fourth-order valence-corrected chi connectivity index (χ4v) is 3.84. The normalized spacial score (nSPS) is 16.7. The highest BCUT2D eigenvalue weighted by Gasteiger charge is 2.15. The van der Waals surface area contributed by atoms with Crippen LogP contribution in [0.5, 0.6) is 11.5 Å². The number of hydrogen-bond acceptors (Lipinski definition) is 4. The molecule has 2 aromatic rings. The van der Waals surface area contributed by atoms with Crippen LogP contribution in [0.25, 0.3) is 0 Å². The largest absolute Gasteiger partial charge is 0.454 e. The number of ether oxygens (including phenoxy) is 2. The van der Waals surface area contributed by atoms with Crippen molar-refractivity contribution in [2.75, 3.05) is 30.1 Å². The molecule has 0 saturated carbocycles. The Labute approximate surface area is 165 Å². The summed E-state index contributed by atoms with van der Waals surface area (Å²) in [5, 5.41) is 7.14. The average Bonchev–Trinajstić information content (AvgIpc) is 3.16. The molecule has 142 valence electrons. The number of benzene rings is 2. The summed E-state index contributed by atoms with van der Waals surface area (Å²) in [6.07, 6.45) is 3.93. The van der Waals surface area contributed by atoms with Crippen LogP contribution in [0.4, 0.5) is 11.4 Å². The van der Waals surface area contributed by atoms with Gasteiger partial charge in [-0.1, -0.05) is 12.1 Å². The van der Waals surface area contributed by atoms with Gasteiger partial charge in [0.1, 0.15) is 0 Å². The summed E-state index contributed by atoms with van der Waals surface area (Å²) < 4.78 is 10.7. The van der Waals surface area contributed by atoms with E-state index in [2.05, 4.69) is 46.7 Å². The van der Waals surface area contributed by atoms with E-state index in [9.17, 15) is 0 Å². The van der Waals surface area contributed by atoms with Gasteiger partial charge < -0.3 is 25.0 Å². The maximum atomic E-state index is 5.47. The standard InChI is InChI=1S/C21H25N3O2S/c1-15(16-5-8-18(9-6-16)24-11-3-2-4-12-24)22-21(27)23-17-7-10-19-20(13-17)26-14-25-19/h5-10,13,15H,2-4,11-12,14H2,1H3,(H2,22,23,27)/t15-/m1/s1. The van der Waals surface area contributed by atoms with E-state index in [1.54, 1.807) is 0 Å². The Hall–Kier alpha value is -2.47. The summed E-state index contributed by atoms with van der Waals surface area (Å²) in [6.45, 7) is 4.71. The summed E-state index contributed by atoms with van der Waals surface area (Å²) in [5.74, 6) is 1.51. The molecule has 2 aliphatic rings. The highest BCUT2D eigenvalue weighted by molar-refractivity contribution is 7.80. The van der Waals surface area contributed by atoms with Crippen LogP contribution in [0.2, 0.25) is 0 Å². The highest BCUT2D eigenvalue weighted by Crippen LogP contribution is 2.34. The van der Waals surface area contributed by atoms with Crippen molar-refractivity contribution in [3.8, 4) is 11.5 Å². The Morgan fingerprint density at radius 3 is 2.52 bits per heavy atom. The molecule has 2 aromatic carbocycles. The molecule has 4 rings (SSSR count). The molecule has 0 radical (unpaired) electrons. The van der Waals surface area contributed by atoms with E-state index < -0.39 is 0 Å². The van der Waals surface area contributed by atoms with Gasteiger partial charge in [0.2, 0.25) is 6.79 Å². The molecule has 1 atom stereocenters. The molecule has 0 amide bonds. The van der Waals surface area contributed by atoms with E-state index in [1.807, 2.05) is 18.2 Å². The Morgan fingerprint density at radius 1 is 1.00 bits per heavy atom. The quantitative estimate of drug-likeness (QED) is 0.761. The molecule has 1 saturated heterocycles. The van der Waals surface area contributed by atoms with Crippen LogP contribution in [-0.2, 0) is 0 Å². The molecule has 0 aromatic heterocycles. The van der Waals surface area contributed by atoms with Crippen molar-refractivity contribution in [1.29, 1.82) is 0 Å². The molecule has 5 nitrogen and oxygen atoms in total. The number of anilines is 2. The van der Waals surface area contributed by atoms with Gasteiger partial charge in [-0.15, -0.1) is 0 Å². The smallest absolute Gasteiger partial charge is 0.231 e. The average molecular weight is 384 g/mol. The van der Waals surface area contributed by atoms with Crippen molar-refractivity contribution in [2.24, 2.45) is 0 Å². The first-order chi connectivity index (χ1) is 13.2. The predicted molar refractivity (Wildman–Crippen MR) is 113 cm³/mol. The maximum absolute atomic E-state index is 5.47. The minimum atomic E-state index is 0.120. The van der Waals surface area contributed by atoms with Crippen LogP contribution in [0.1, 0.15) is 37.8 Å². The molecular weight excluding hydrogens is 358 g/mol. The number of hydrogen-bond donors (Lipinski definition) is 2. The number of rotatable bonds is 4. The summed E-state index contributed by atoms with van der Waals surface area (Å²) in [4.78, 5) is 2.47. The van der Waals surface area contributed by atoms with Crippen molar-refractivity contribution in [3.05, 3.63) is 48.0 Å². The van der Waals surface area contributed by atoms with Crippen LogP contribution >= 0.6 is 12.2 Å². The van der Waals surface area contributed by atoms with Crippen molar-refractivity contribution in [1.82, 2.24) is 5.32 Å². The van der Waals surface area contributed by atoms with E-state index in [-0.39, 0.29) is 12.8 Å². The second-order valence-electron chi connectivity index (χ2n) is 7.03. The molecule has 0 unspecified atom stereocenters. The van der Waals surface area contributed by atoms with Gasteiger partial charge >= 0.3 is 0 Å². The first kappa shape index (κ1) is 17.9. The molecule has 0 spiro atoms. The SMILES string of the molecule is C[C@@H](NC(=S)Nc1ccc2c(c1)OCO2)c1ccc(N2CCCCC2)cc1. The summed E-state index contributed by atoms with van der Waals surface area (Å²) in [6, 6.07) is 14.6. The van der Waals surface area contributed by atoms with E-state index in [1.165, 1.54) is 30.5 Å². The van der Waals surface area contributed by atoms with E-state index >= 15 is 0 Å². The number of nitrogens with zero attached hydrogens (tertiary/aromatic N) is 1. The molecule has 0 bridgehead atoms. The summed E-state index contributed by atoms with van der Waals surface area (Å²) in [7, 11) is 0. The van der Waals surface area contributed by atoms with Gasteiger partial charge in [0, 0.05) is 30.5 Å².